The molecule has 1 aliphatic heterocycles. The Labute approximate surface area is 267 Å². The summed E-state index contributed by atoms with van der Waals surface area (Å²) >= 11 is 0. The van der Waals surface area contributed by atoms with Gasteiger partial charge in [-0.1, -0.05) is 30.3 Å². The quantitative estimate of drug-likeness (QED) is 0.191. The predicted octanol–water partition coefficient (Wildman–Crippen LogP) is 11.0. The smallest absolute Gasteiger partial charge is 0.339 e. The number of hydrogen-bond acceptors (Lipinski definition) is 3. The van der Waals surface area contributed by atoms with E-state index in [9.17, 15) is 57.9 Å². The molecule has 0 fully saturated rings. The van der Waals surface area contributed by atoms with Gasteiger partial charge in [-0.2, -0.15) is 57.9 Å². The zero-order valence-corrected chi connectivity index (χ0v) is 23.9. The fourth-order valence-electron chi connectivity index (χ4n) is 5.48. The van der Waals surface area contributed by atoms with Crippen molar-refractivity contribution in [2.75, 3.05) is 5.32 Å². The first-order valence-corrected chi connectivity index (χ1v) is 13.7. The molecule has 6 rings (SSSR count). The van der Waals surface area contributed by atoms with Gasteiger partial charge in [0.25, 0.3) is 0 Å². The van der Waals surface area contributed by atoms with Gasteiger partial charge in [0.1, 0.15) is 5.84 Å². The molecule has 4 aromatic carbocycles. The van der Waals surface area contributed by atoms with Crippen molar-refractivity contribution in [3.8, 4) is 28.3 Å². The van der Waals surface area contributed by atoms with E-state index < -0.39 is 75.0 Å². The highest BCUT2D eigenvalue weighted by molar-refractivity contribution is 6.27. The van der Waals surface area contributed by atoms with Crippen LogP contribution in [0.3, 0.4) is 0 Å². The van der Waals surface area contributed by atoms with Crippen LogP contribution in [-0.4, -0.2) is 10.8 Å². The molecule has 1 aliphatic rings. The van der Waals surface area contributed by atoms with Crippen molar-refractivity contribution >= 4 is 28.1 Å². The van der Waals surface area contributed by atoms with Gasteiger partial charge in [0, 0.05) is 39.3 Å². The maximum atomic E-state index is 14.3. The summed E-state index contributed by atoms with van der Waals surface area (Å²) < 4.78 is 165. The zero-order chi connectivity index (χ0) is 35.7. The van der Waals surface area contributed by atoms with E-state index in [0.717, 1.165) is 12.3 Å². The molecule has 0 bridgehead atoms. The number of anilines is 1. The van der Waals surface area contributed by atoms with E-state index >= 15 is 0 Å². The highest BCUT2D eigenvalue weighted by Crippen LogP contribution is 2.46. The number of benzene rings is 4. The first kappa shape index (κ1) is 33.3. The number of nitrogens with one attached hydrogen (secondary N) is 1. The average Bonchev–Trinajstić information content (AvgIpc) is 3.37. The van der Waals surface area contributed by atoms with Gasteiger partial charge >= 0.3 is 24.7 Å². The molecule has 16 heteroatoms. The van der Waals surface area contributed by atoms with Crippen LogP contribution in [0.1, 0.15) is 33.4 Å². The Morgan fingerprint density at radius 2 is 1.20 bits per heavy atom. The van der Waals surface area contributed by atoms with E-state index in [1.54, 1.807) is 18.2 Å². The van der Waals surface area contributed by atoms with Crippen LogP contribution in [0.5, 0.6) is 0 Å². The number of rotatable bonds is 3. The second-order valence-corrected chi connectivity index (χ2v) is 10.7. The predicted molar refractivity (Wildman–Crippen MR) is 154 cm³/mol. The van der Waals surface area contributed by atoms with Crippen molar-refractivity contribution in [2.24, 2.45) is 4.99 Å². The molecule has 0 radical (unpaired) electrons. The van der Waals surface area contributed by atoms with E-state index in [2.05, 4.69) is 15.3 Å². The van der Waals surface area contributed by atoms with Gasteiger partial charge in [-0.3, -0.25) is 0 Å². The monoisotopic (exact) mass is 694 g/mol. The molecule has 0 spiro atoms. The molecule has 2 heterocycles. The van der Waals surface area contributed by atoms with Gasteiger partial charge in [-0.25, -0.2) is 9.98 Å². The van der Waals surface area contributed by atoms with Crippen molar-refractivity contribution in [3.63, 3.8) is 0 Å². The van der Waals surface area contributed by atoms with Gasteiger partial charge in [-0.05, 0) is 53.6 Å². The van der Waals surface area contributed by atoms with Gasteiger partial charge in [0.15, 0.2) is 5.82 Å². The lowest BCUT2D eigenvalue weighted by atomic mass is 9.93. The largest absolute Gasteiger partial charge is 0.417 e. The van der Waals surface area contributed by atoms with E-state index in [4.69, 9.17) is 0 Å². The van der Waals surface area contributed by atoms with E-state index in [-0.39, 0.29) is 23.5 Å². The topological polar surface area (TPSA) is 61.1 Å². The van der Waals surface area contributed by atoms with Gasteiger partial charge in [-0.15, -0.1) is 0 Å². The number of aliphatic imine (C=N–C) groups is 1. The summed E-state index contributed by atoms with van der Waals surface area (Å²) in [7, 11) is 0. The molecule has 0 aliphatic carbocycles. The van der Waals surface area contributed by atoms with Crippen LogP contribution in [0, 0.1) is 11.3 Å². The van der Waals surface area contributed by atoms with Crippen LogP contribution in [0.4, 0.5) is 64.2 Å². The molecule has 5 aromatic rings. The van der Waals surface area contributed by atoms with Crippen LogP contribution in [0.25, 0.3) is 33.0 Å². The minimum atomic E-state index is -5.43. The number of pyridine rings is 1. The SMILES string of the molecule is N#Cc1ccc2c3c(cccc13)C(=Nc1ncc(-c3ccc(C(F)(F)F)cc3C(F)(F)F)cc1-c1ccc(C(F)(F)F)cc1C(F)(F)F)N2. The number of aromatic nitrogens is 1. The van der Waals surface area contributed by atoms with Crippen LogP contribution in [0.15, 0.2) is 84.0 Å². The van der Waals surface area contributed by atoms with E-state index in [1.807, 2.05) is 6.07 Å². The summed E-state index contributed by atoms with van der Waals surface area (Å²) in [6.07, 6.45) is -20.4. The first-order chi connectivity index (χ1) is 22.8. The maximum Gasteiger partial charge on any atom is 0.417 e. The van der Waals surface area contributed by atoms with Gasteiger partial charge in [0.05, 0.1) is 33.9 Å². The van der Waals surface area contributed by atoms with Crippen LogP contribution < -0.4 is 5.32 Å². The molecular weight excluding hydrogens is 680 g/mol. The summed E-state index contributed by atoms with van der Waals surface area (Å²) in [5.41, 5.74) is -8.98. The van der Waals surface area contributed by atoms with Gasteiger partial charge < -0.3 is 5.32 Å². The van der Waals surface area contributed by atoms with Gasteiger partial charge in [0.2, 0.25) is 0 Å². The summed E-state index contributed by atoms with van der Waals surface area (Å²) in [5, 5.41) is 13.4. The number of halogens is 12. The molecule has 0 saturated heterocycles. The minimum absolute atomic E-state index is 0.0248. The van der Waals surface area contributed by atoms with Crippen LogP contribution in [0.2, 0.25) is 0 Å². The number of nitrogens with zero attached hydrogens (tertiary/aromatic N) is 3. The average molecular weight is 694 g/mol. The molecule has 0 amide bonds. The minimum Gasteiger partial charge on any atom is -0.339 e. The molecular formula is C33H14F12N4. The summed E-state index contributed by atoms with van der Waals surface area (Å²) in [5.74, 6) is -0.606. The lowest BCUT2D eigenvalue weighted by Crippen LogP contribution is -2.13. The third kappa shape index (κ3) is 6.12. The Kier molecular flexibility index (Phi) is 7.65. The third-order valence-corrected chi connectivity index (χ3v) is 7.66. The first-order valence-electron chi connectivity index (χ1n) is 13.7. The molecule has 1 aromatic heterocycles. The highest BCUT2D eigenvalue weighted by atomic mass is 19.4. The number of nitriles is 1. The Morgan fingerprint density at radius 1 is 0.612 bits per heavy atom. The third-order valence-electron chi connectivity index (χ3n) is 7.66. The zero-order valence-electron chi connectivity index (χ0n) is 23.9. The standard InChI is InChI=1S/C33H14F12N4/c34-30(35,36)17-5-7-19(24(11-17)32(40,41)42)16-10-23(21-8-6-18(31(37,38)39)12-25(21)33(43,44)45)28(47-14-16)49-29-22-3-1-2-20-15(13-46)4-9-26(48-29)27(20)22/h1-12,14H,(H,47,48,49). The summed E-state index contributed by atoms with van der Waals surface area (Å²) in [4.78, 5) is 8.31. The second-order valence-electron chi connectivity index (χ2n) is 10.7. The molecule has 0 unspecified atom stereocenters. The molecule has 4 nitrogen and oxygen atoms in total. The van der Waals surface area contributed by atoms with E-state index in [1.165, 1.54) is 12.1 Å². The van der Waals surface area contributed by atoms with Crippen molar-refractivity contribution in [1.82, 2.24) is 4.98 Å². The Hall–Kier alpha value is -5.59. The fourth-order valence-corrected chi connectivity index (χ4v) is 5.48. The summed E-state index contributed by atoms with van der Waals surface area (Å²) in [6, 6.07) is 11.8. The Bertz CT molecular complexity index is 2220. The fraction of sp³-hybridized carbons (Fsp3) is 0.121. The number of amidine groups is 1. The Balaban J connectivity index is 1.63. The van der Waals surface area contributed by atoms with E-state index in [0.29, 0.717) is 46.3 Å². The molecule has 250 valence electrons. The van der Waals surface area contributed by atoms with Crippen LogP contribution >= 0.6 is 0 Å². The lowest BCUT2D eigenvalue weighted by Gasteiger charge is -2.19. The van der Waals surface area contributed by atoms with Crippen molar-refractivity contribution in [1.29, 1.82) is 5.26 Å². The molecule has 0 saturated carbocycles. The molecule has 49 heavy (non-hydrogen) atoms. The molecule has 0 atom stereocenters. The normalized spacial score (nSPS) is 14.3. The Morgan fingerprint density at radius 3 is 1.78 bits per heavy atom. The second kappa shape index (κ2) is 11.2. The highest BCUT2D eigenvalue weighted by Gasteiger charge is 2.41. The lowest BCUT2D eigenvalue weighted by molar-refractivity contribution is -0.144. The molecule has 1 N–H and O–H groups in total. The number of hydrogen-bond donors (Lipinski definition) is 1. The van der Waals surface area contributed by atoms with Crippen molar-refractivity contribution in [2.45, 2.75) is 24.7 Å². The van der Waals surface area contributed by atoms with Crippen molar-refractivity contribution in [3.05, 3.63) is 112 Å². The number of alkyl halides is 12. The summed E-state index contributed by atoms with van der Waals surface area (Å²) in [6.45, 7) is 0. The maximum absolute atomic E-state index is 14.3. The van der Waals surface area contributed by atoms with Crippen LogP contribution in [-0.2, 0) is 24.7 Å². The van der Waals surface area contributed by atoms with Crippen molar-refractivity contribution < 1.29 is 52.7 Å².